The van der Waals surface area contributed by atoms with Gasteiger partial charge in [-0.15, -0.1) is 0 Å². The molecule has 9 nitrogen and oxygen atoms in total. The molecule has 2 aromatic heterocycles. The van der Waals surface area contributed by atoms with Gasteiger partial charge in [-0.05, 0) is 31.6 Å². The summed E-state index contributed by atoms with van der Waals surface area (Å²) in [7, 11) is 4.97. The van der Waals surface area contributed by atoms with Crippen molar-refractivity contribution in [3.8, 4) is 0 Å². The summed E-state index contributed by atoms with van der Waals surface area (Å²) in [4.78, 5) is 32.1. The molecule has 0 bridgehead atoms. The van der Waals surface area contributed by atoms with Crippen molar-refractivity contribution < 1.29 is 23.1 Å². The zero-order valence-corrected chi connectivity index (χ0v) is 19.8. The van der Waals surface area contributed by atoms with Crippen molar-refractivity contribution in [1.29, 1.82) is 0 Å². The van der Waals surface area contributed by atoms with Gasteiger partial charge in [0.25, 0.3) is 0 Å². The number of methoxy groups -OCH3 is 1. The molecule has 1 amide bonds. The third kappa shape index (κ3) is 4.45. The molecule has 0 aromatic carbocycles. The first kappa shape index (κ1) is 24.3. The molecule has 1 aliphatic heterocycles. The lowest BCUT2D eigenvalue weighted by Gasteiger charge is -2.33. The third-order valence-corrected chi connectivity index (χ3v) is 7.16. The Bertz CT molecular complexity index is 1070. The van der Waals surface area contributed by atoms with Crippen LogP contribution in [-0.2, 0) is 20.7 Å². The van der Waals surface area contributed by atoms with Crippen molar-refractivity contribution >= 4 is 23.2 Å². The van der Waals surface area contributed by atoms with E-state index in [9.17, 15) is 18.4 Å². The van der Waals surface area contributed by atoms with E-state index in [0.717, 1.165) is 5.69 Å². The molecule has 2 fully saturated rings. The quantitative estimate of drug-likeness (QED) is 0.483. The first-order valence-electron chi connectivity index (χ1n) is 11.6. The number of hydrogen-bond acceptors (Lipinski definition) is 7. The summed E-state index contributed by atoms with van der Waals surface area (Å²) in [6.07, 6.45) is 3.18. The van der Waals surface area contributed by atoms with Crippen molar-refractivity contribution in [2.45, 2.75) is 56.9 Å². The highest BCUT2D eigenvalue weighted by molar-refractivity contribution is 6.03. The number of nitrogens with zero attached hydrogens (tertiary/aromatic N) is 4. The smallest absolute Gasteiger partial charge is 0.321 e. The van der Waals surface area contributed by atoms with Crippen LogP contribution in [0.25, 0.3) is 5.65 Å². The fraction of sp³-hybridized carbons (Fsp3) is 0.652. The highest BCUT2D eigenvalue weighted by Gasteiger charge is 2.49. The Morgan fingerprint density at radius 1 is 1.35 bits per heavy atom. The number of carbonyl (C=O) groups excluding carboxylic acids is 2. The van der Waals surface area contributed by atoms with Crippen molar-refractivity contribution in [3.63, 3.8) is 0 Å². The summed E-state index contributed by atoms with van der Waals surface area (Å²) in [6.45, 7) is 0.514. The van der Waals surface area contributed by atoms with Gasteiger partial charge in [-0.25, -0.2) is 18.3 Å². The van der Waals surface area contributed by atoms with E-state index in [-0.39, 0.29) is 31.1 Å². The van der Waals surface area contributed by atoms with Crippen molar-refractivity contribution in [3.05, 3.63) is 23.7 Å². The van der Waals surface area contributed by atoms with Gasteiger partial charge in [0.1, 0.15) is 0 Å². The highest BCUT2D eigenvalue weighted by Crippen LogP contribution is 2.41. The fourth-order valence-corrected chi connectivity index (χ4v) is 5.10. The number of fused-ring (bicyclic) bond motifs is 1. The van der Waals surface area contributed by atoms with Crippen LogP contribution in [0.5, 0.6) is 0 Å². The van der Waals surface area contributed by atoms with E-state index in [2.05, 4.69) is 10.3 Å². The van der Waals surface area contributed by atoms with Crippen LogP contribution in [0.1, 0.15) is 56.0 Å². The second-order valence-electron chi connectivity index (χ2n) is 9.67. The Labute approximate surface area is 197 Å². The van der Waals surface area contributed by atoms with Gasteiger partial charge in [-0.1, -0.05) is 0 Å². The van der Waals surface area contributed by atoms with Crippen LogP contribution in [0, 0.1) is 11.3 Å². The number of amides is 1. The predicted molar refractivity (Wildman–Crippen MR) is 122 cm³/mol. The minimum absolute atomic E-state index is 0.0756. The van der Waals surface area contributed by atoms with Crippen LogP contribution in [0.15, 0.2) is 12.3 Å². The summed E-state index contributed by atoms with van der Waals surface area (Å²) in [5.74, 6) is -3.64. The second-order valence-corrected chi connectivity index (χ2v) is 9.67. The van der Waals surface area contributed by atoms with Gasteiger partial charge >= 0.3 is 5.97 Å². The summed E-state index contributed by atoms with van der Waals surface area (Å²) < 4.78 is 33.7. The normalized spacial score (nSPS) is 24.0. The molecule has 2 unspecified atom stereocenters. The molecular formula is C23H32F2N6O3. The summed E-state index contributed by atoms with van der Waals surface area (Å²) in [5.41, 5.74) is 7.49. The monoisotopic (exact) mass is 478 g/mol. The Hall–Kier alpha value is -2.82. The van der Waals surface area contributed by atoms with Crippen LogP contribution >= 0.6 is 0 Å². The standard InChI is InChI=1S/C23H32F2N6O3/c1-30(2)17-11-18-28-16(19(26)14-5-8-23(24,25)9-6-14)13-31(18)29-15(17)12-22(21(33)34-3)7-4-10-27-20(22)32/h11,13-14,19H,4-10,12,26H2,1-3H3,(H,27,32). The largest absolute Gasteiger partial charge is 0.468 e. The van der Waals surface area contributed by atoms with E-state index >= 15 is 0 Å². The summed E-state index contributed by atoms with van der Waals surface area (Å²) in [6, 6.07) is 1.36. The zero-order valence-electron chi connectivity index (χ0n) is 19.8. The number of piperidine rings is 1. The molecule has 1 saturated carbocycles. The molecule has 1 aliphatic carbocycles. The molecule has 0 spiro atoms. The number of esters is 1. The van der Waals surface area contributed by atoms with E-state index < -0.39 is 23.3 Å². The lowest BCUT2D eigenvalue weighted by molar-refractivity contribution is -0.161. The topological polar surface area (TPSA) is 115 Å². The van der Waals surface area contributed by atoms with Gasteiger partial charge in [0, 0.05) is 46.0 Å². The van der Waals surface area contributed by atoms with Crippen molar-refractivity contribution in [2.24, 2.45) is 17.1 Å². The molecule has 4 rings (SSSR count). The lowest BCUT2D eigenvalue weighted by Crippen LogP contribution is -2.52. The second kappa shape index (κ2) is 9.09. The molecular weight excluding hydrogens is 446 g/mol. The average molecular weight is 479 g/mol. The van der Waals surface area contributed by atoms with E-state index in [0.29, 0.717) is 49.3 Å². The SMILES string of the molecule is COC(=O)C1(Cc2nn3cc(C(N)C4CCC(F)(F)CC4)nc3cc2N(C)C)CCCNC1=O. The van der Waals surface area contributed by atoms with Crippen LogP contribution in [0.3, 0.4) is 0 Å². The van der Waals surface area contributed by atoms with E-state index in [4.69, 9.17) is 15.6 Å². The van der Waals surface area contributed by atoms with E-state index in [1.54, 1.807) is 10.7 Å². The van der Waals surface area contributed by atoms with Crippen LogP contribution in [0.2, 0.25) is 0 Å². The highest BCUT2D eigenvalue weighted by atomic mass is 19.3. The number of alkyl halides is 2. The maximum atomic E-state index is 13.6. The minimum Gasteiger partial charge on any atom is -0.468 e. The fourth-order valence-electron chi connectivity index (χ4n) is 5.10. The van der Waals surface area contributed by atoms with Gasteiger partial charge in [-0.3, -0.25) is 9.59 Å². The number of anilines is 1. The number of carbonyl (C=O) groups is 2. The van der Waals surface area contributed by atoms with Gasteiger partial charge in [0.15, 0.2) is 11.1 Å². The van der Waals surface area contributed by atoms with Crippen LogP contribution in [0.4, 0.5) is 14.5 Å². The zero-order chi connectivity index (χ0) is 24.7. The number of nitrogens with two attached hydrogens (primary N) is 1. The number of ether oxygens (including phenoxy) is 1. The molecule has 2 aromatic rings. The van der Waals surface area contributed by atoms with Crippen LogP contribution in [-0.4, -0.2) is 60.1 Å². The van der Waals surface area contributed by atoms with Gasteiger partial charge in [0.2, 0.25) is 11.8 Å². The third-order valence-electron chi connectivity index (χ3n) is 7.16. The Morgan fingerprint density at radius 3 is 2.68 bits per heavy atom. The summed E-state index contributed by atoms with van der Waals surface area (Å²) >= 11 is 0. The van der Waals surface area contributed by atoms with Gasteiger partial charge in [0.05, 0.1) is 36.4 Å². The number of hydrogen-bond donors (Lipinski definition) is 2. The van der Waals surface area contributed by atoms with Crippen molar-refractivity contribution in [2.75, 3.05) is 32.6 Å². The molecule has 34 heavy (non-hydrogen) atoms. The first-order valence-corrected chi connectivity index (χ1v) is 11.6. The number of aromatic nitrogens is 3. The Kier molecular flexibility index (Phi) is 6.50. The number of imidazole rings is 1. The van der Waals surface area contributed by atoms with E-state index in [1.807, 2.05) is 25.1 Å². The average Bonchev–Trinajstić information content (AvgIpc) is 3.22. The molecule has 1 saturated heterocycles. The first-order chi connectivity index (χ1) is 16.1. The maximum absolute atomic E-state index is 13.6. The lowest BCUT2D eigenvalue weighted by atomic mass is 9.75. The molecule has 2 atom stereocenters. The minimum atomic E-state index is -2.62. The molecule has 186 valence electrons. The molecule has 0 radical (unpaired) electrons. The van der Waals surface area contributed by atoms with Crippen LogP contribution < -0.4 is 16.0 Å². The number of halogens is 2. The Morgan fingerprint density at radius 2 is 2.06 bits per heavy atom. The maximum Gasteiger partial charge on any atom is 0.321 e. The van der Waals surface area contributed by atoms with Gasteiger partial charge < -0.3 is 20.7 Å². The summed E-state index contributed by atoms with van der Waals surface area (Å²) in [5, 5.41) is 7.49. The number of nitrogens with one attached hydrogen (secondary N) is 1. The van der Waals surface area contributed by atoms with Gasteiger partial charge in [-0.2, -0.15) is 5.10 Å². The molecule has 11 heteroatoms. The predicted octanol–water partition coefficient (Wildman–Crippen LogP) is 2.23. The van der Waals surface area contributed by atoms with Crippen molar-refractivity contribution in [1.82, 2.24) is 19.9 Å². The molecule has 3 N–H and O–H groups in total. The number of rotatable bonds is 6. The molecule has 2 aliphatic rings. The Balaban J connectivity index is 1.68. The molecule has 3 heterocycles. The van der Waals surface area contributed by atoms with E-state index in [1.165, 1.54) is 7.11 Å².